The van der Waals surface area contributed by atoms with Crippen molar-refractivity contribution in [3.8, 4) is 0 Å². The fraction of sp³-hybridized carbons (Fsp3) is 0.360. The Morgan fingerprint density at radius 1 is 1.03 bits per heavy atom. The molecular formula is C25H32N2O6SSi-. The molecule has 10 heteroatoms. The van der Waals surface area contributed by atoms with Gasteiger partial charge in [0, 0.05) is 23.8 Å². The third-order valence-electron chi connectivity index (χ3n) is 5.56. The van der Waals surface area contributed by atoms with Gasteiger partial charge in [-0.2, -0.15) is 19.6 Å². The fourth-order valence-electron chi connectivity index (χ4n) is 3.55. The first-order valence-corrected chi connectivity index (χ1v) is 16.7. The van der Waals surface area contributed by atoms with Crippen molar-refractivity contribution in [1.29, 1.82) is 0 Å². The maximum absolute atomic E-state index is 12.9. The van der Waals surface area contributed by atoms with Crippen molar-refractivity contribution in [3.05, 3.63) is 71.9 Å². The molecule has 0 spiro atoms. The SMILES string of the molecule is COC(=O)C(Cc1ccc2c(ccn2S(=O)(=O)CC[Si-](C)(C)C)c1)NC(=O)OCc1ccccc1. The van der Waals surface area contributed by atoms with E-state index in [1.54, 1.807) is 24.4 Å². The molecule has 0 aliphatic heterocycles. The summed E-state index contributed by atoms with van der Waals surface area (Å²) in [5.41, 5.74) is 2.15. The summed E-state index contributed by atoms with van der Waals surface area (Å²) in [4.78, 5) is 24.6. The van der Waals surface area contributed by atoms with Crippen molar-refractivity contribution in [2.75, 3.05) is 12.9 Å². The molecular weight excluding hydrogens is 484 g/mol. The number of hydrogen-bond acceptors (Lipinski definition) is 6. The Labute approximate surface area is 207 Å². The fourth-order valence-corrected chi connectivity index (χ4v) is 7.94. The van der Waals surface area contributed by atoms with Gasteiger partial charge in [0.2, 0.25) is 10.0 Å². The van der Waals surface area contributed by atoms with Gasteiger partial charge in [-0.05, 0) is 29.3 Å². The number of carbonyl (C=O) groups is 2. The van der Waals surface area contributed by atoms with Crippen LogP contribution in [0.1, 0.15) is 11.1 Å². The summed E-state index contributed by atoms with van der Waals surface area (Å²) in [5, 5.41) is 3.29. The predicted octanol–water partition coefficient (Wildman–Crippen LogP) is 4.17. The third-order valence-corrected chi connectivity index (χ3v) is 9.31. The zero-order valence-corrected chi connectivity index (χ0v) is 22.3. The average Bonchev–Trinajstić information content (AvgIpc) is 3.25. The lowest BCUT2D eigenvalue weighted by Gasteiger charge is -2.26. The van der Waals surface area contributed by atoms with Crippen molar-refractivity contribution >= 4 is 41.1 Å². The molecule has 1 aromatic heterocycles. The van der Waals surface area contributed by atoms with Gasteiger partial charge in [0.1, 0.15) is 12.6 Å². The maximum Gasteiger partial charge on any atom is 0.408 e. The van der Waals surface area contributed by atoms with Crippen LogP contribution in [0.4, 0.5) is 4.79 Å². The van der Waals surface area contributed by atoms with Crippen LogP contribution in [0.2, 0.25) is 25.7 Å². The molecule has 35 heavy (non-hydrogen) atoms. The van der Waals surface area contributed by atoms with Gasteiger partial charge in [-0.3, -0.25) is 0 Å². The van der Waals surface area contributed by atoms with Crippen molar-refractivity contribution in [1.82, 2.24) is 9.29 Å². The molecule has 3 rings (SSSR count). The zero-order valence-electron chi connectivity index (χ0n) is 20.5. The molecule has 3 aromatic rings. The molecule has 8 nitrogen and oxygen atoms in total. The number of nitrogens with one attached hydrogen (secondary N) is 1. The van der Waals surface area contributed by atoms with Gasteiger partial charge in [0.05, 0.1) is 12.6 Å². The van der Waals surface area contributed by atoms with E-state index in [-0.39, 0.29) is 18.8 Å². The van der Waals surface area contributed by atoms with Crippen LogP contribution in [0.25, 0.3) is 10.9 Å². The molecule has 0 fully saturated rings. The quantitative estimate of drug-likeness (QED) is 0.320. The summed E-state index contributed by atoms with van der Waals surface area (Å²) in [6.07, 6.45) is 0.992. The number of nitrogens with zero attached hydrogens (tertiary/aromatic N) is 1. The Morgan fingerprint density at radius 3 is 2.40 bits per heavy atom. The molecule has 2 aromatic carbocycles. The summed E-state index contributed by atoms with van der Waals surface area (Å²) >= 11 is 0. The summed E-state index contributed by atoms with van der Waals surface area (Å²) in [7, 11) is -3.73. The molecule has 0 saturated heterocycles. The van der Waals surface area contributed by atoms with Crippen LogP contribution in [-0.4, -0.2) is 51.4 Å². The molecule has 0 bridgehead atoms. The van der Waals surface area contributed by atoms with Crippen molar-refractivity contribution in [3.63, 3.8) is 0 Å². The first kappa shape index (κ1) is 26.5. The van der Waals surface area contributed by atoms with E-state index in [4.69, 9.17) is 9.47 Å². The van der Waals surface area contributed by atoms with E-state index in [1.165, 1.54) is 11.1 Å². The van der Waals surface area contributed by atoms with E-state index < -0.39 is 36.2 Å². The number of aromatic nitrogens is 1. The highest BCUT2D eigenvalue weighted by Crippen LogP contribution is 2.22. The van der Waals surface area contributed by atoms with Crippen molar-refractivity contribution in [2.24, 2.45) is 0 Å². The average molecular weight is 517 g/mol. The smallest absolute Gasteiger partial charge is 0.408 e. The second kappa shape index (κ2) is 11.1. The van der Waals surface area contributed by atoms with E-state index in [1.807, 2.05) is 36.4 Å². The number of rotatable bonds is 10. The van der Waals surface area contributed by atoms with Gasteiger partial charge in [-0.1, -0.05) is 36.4 Å². The molecule has 0 aliphatic rings. The molecule has 0 saturated carbocycles. The number of hydrogen-bond donors (Lipinski definition) is 1. The molecule has 1 atom stereocenters. The van der Waals surface area contributed by atoms with E-state index in [0.717, 1.165) is 16.5 Å². The number of amides is 1. The highest BCUT2D eigenvalue weighted by Gasteiger charge is 2.23. The Morgan fingerprint density at radius 2 is 1.74 bits per heavy atom. The highest BCUT2D eigenvalue weighted by atomic mass is 32.2. The summed E-state index contributed by atoms with van der Waals surface area (Å²) < 4.78 is 37.2. The molecule has 1 amide bonds. The normalized spacial score (nSPS) is 12.8. The number of benzene rings is 2. The molecule has 1 N–H and O–H groups in total. The standard InChI is InChI=1S/C25H32N2O6SSi/c1-32-24(28)22(26-25(29)33-18-19-8-6-5-7-9-19)17-20-10-11-23-21(16-20)12-13-27(23)34(30,31)14-15-35(2,3)4/h5-13,16,22H,14-15,17-18H2,1-4H3,(H,26,29)/q-1. The topological polar surface area (TPSA) is 104 Å². The lowest BCUT2D eigenvalue weighted by Crippen LogP contribution is -2.43. The van der Waals surface area contributed by atoms with Gasteiger partial charge in [0.25, 0.3) is 0 Å². The predicted molar refractivity (Wildman–Crippen MR) is 139 cm³/mol. The number of ether oxygens (including phenoxy) is 2. The van der Waals surface area contributed by atoms with E-state index in [2.05, 4.69) is 25.0 Å². The first-order valence-electron chi connectivity index (χ1n) is 11.4. The van der Waals surface area contributed by atoms with Crippen LogP contribution in [0.5, 0.6) is 0 Å². The number of fused-ring (bicyclic) bond motifs is 1. The summed E-state index contributed by atoms with van der Waals surface area (Å²) in [6, 6.07) is 16.0. The van der Waals surface area contributed by atoms with E-state index in [0.29, 0.717) is 11.6 Å². The Kier molecular flexibility index (Phi) is 8.39. The van der Waals surface area contributed by atoms with Crippen molar-refractivity contribution < 1.29 is 27.5 Å². The van der Waals surface area contributed by atoms with Crippen LogP contribution in [0, 0.1) is 0 Å². The largest absolute Gasteiger partial charge is 0.467 e. The lowest BCUT2D eigenvalue weighted by molar-refractivity contribution is -0.143. The molecule has 1 heterocycles. The second-order valence-electron chi connectivity index (χ2n) is 9.62. The van der Waals surface area contributed by atoms with Gasteiger partial charge in [-0.15, -0.1) is 14.1 Å². The second-order valence-corrected chi connectivity index (χ2v) is 17.2. The van der Waals surface area contributed by atoms with Gasteiger partial charge >= 0.3 is 12.1 Å². The van der Waals surface area contributed by atoms with Gasteiger partial charge in [0.15, 0.2) is 0 Å². The van der Waals surface area contributed by atoms with Crippen LogP contribution in [0.3, 0.4) is 0 Å². The lowest BCUT2D eigenvalue weighted by atomic mass is 10.0. The highest BCUT2D eigenvalue weighted by molar-refractivity contribution is 7.90. The zero-order chi connectivity index (χ0) is 25.6. The van der Waals surface area contributed by atoms with Crippen LogP contribution in [-0.2, 0) is 37.3 Å². The van der Waals surface area contributed by atoms with Crippen LogP contribution >= 0.6 is 0 Å². The molecule has 189 valence electrons. The number of alkyl carbamates (subject to hydrolysis) is 1. The first-order chi connectivity index (χ1) is 16.5. The van der Waals surface area contributed by atoms with Gasteiger partial charge < -0.3 is 14.8 Å². The Hall–Kier alpha value is -3.11. The molecule has 1 unspecified atom stereocenters. The number of methoxy groups -OCH3 is 1. The van der Waals surface area contributed by atoms with E-state index >= 15 is 0 Å². The van der Waals surface area contributed by atoms with Crippen molar-refractivity contribution in [2.45, 2.75) is 44.8 Å². The third kappa shape index (κ3) is 7.43. The summed E-state index contributed by atoms with van der Waals surface area (Å²) in [6.45, 7) is 6.51. The number of esters is 1. The minimum absolute atomic E-state index is 0.0756. The monoisotopic (exact) mass is 516 g/mol. The van der Waals surface area contributed by atoms with Gasteiger partial charge in [-0.25, -0.2) is 22.0 Å². The van der Waals surface area contributed by atoms with Crippen LogP contribution < -0.4 is 5.32 Å². The Bertz CT molecular complexity index is 1280. The minimum Gasteiger partial charge on any atom is -0.467 e. The van der Waals surface area contributed by atoms with E-state index in [9.17, 15) is 18.0 Å². The molecule has 0 radical (unpaired) electrons. The number of carbonyl (C=O) groups excluding carboxylic acids is 2. The Balaban J connectivity index is 1.72. The minimum atomic E-state index is -3.47. The van der Waals surface area contributed by atoms with Crippen LogP contribution in [0.15, 0.2) is 60.8 Å². The maximum atomic E-state index is 12.9. The molecule has 0 aliphatic carbocycles. The summed E-state index contributed by atoms with van der Waals surface area (Å²) in [5.74, 6) is -0.499.